The molecule has 0 saturated heterocycles. The van der Waals surface area contributed by atoms with Gasteiger partial charge in [0.25, 0.3) is 5.69 Å². The number of nitro benzene ring substituents is 1. The fourth-order valence-electron chi connectivity index (χ4n) is 1.88. The maximum atomic E-state index is 10.9. The van der Waals surface area contributed by atoms with Crippen LogP contribution in [0.15, 0.2) is 35.5 Å². The molecule has 0 aliphatic heterocycles. The molecular weight excluding hydrogens is 288 g/mol. The van der Waals surface area contributed by atoms with E-state index in [1.165, 1.54) is 6.07 Å². The Balaban J connectivity index is 2.16. The highest BCUT2D eigenvalue weighted by atomic mass is 32.2. The molecule has 0 unspecified atom stereocenters. The van der Waals surface area contributed by atoms with Crippen molar-refractivity contribution in [2.24, 2.45) is 7.05 Å². The fraction of sp³-hybridized carbons (Fsp3) is 0.357. The maximum Gasteiger partial charge on any atom is 0.269 e. The minimum Gasteiger partial charge on any atom is -0.385 e. The lowest BCUT2D eigenvalue weighted by atomic mass is 10.1. The van der Waals surface area contributed by atoms with Gasteiger partial charge in [-0.05, 0) is 18.1 Å². The first-order valence-corrected chi connectivity index (χ1v) is 7.71. The molecule has 0 radical (unpaired) electrons. The molecule has 0 spiro atoms. The van der Waals surface area contributed by atoms with E-state index in [1.807, 2.05) is 13.2 Å². The third-order valence-electron chi connectivity index (χ3n) is 2.94. The number of nitrogens with zero attached hydrogens (tertiary/aromatic N) is 3. The number of aryl methyl sites for hydroxylation is 1. The van der Waals surface area contributed by atoms with Crippen molar-refractivity contribution in [1.82, 2.24) is 9.78 Å². The predicted molar refractivity (Wildman–Crippen MR) is 84.6 cm³/mol. The van der Waals surface area contributed by atoms with Crippen molar-refractivity contribution < 1.29 is 4.92 Å². The molecule has 2 aromatic rings. The summed E-state index contributed by atoms with van der Waals surface area (Å²) in [7, 11) is 1.87. The Labute approximate surface area is 127 Å². The first-order chi connectivity index (χ1) is 10.1. The molecule has 2 rings (SSSR count). The second kappa shape index (κ2) is 7.12. The van der Waals surface area contributed by atoms with Gasteiger partial charge in [-0.2, -0.15) is 5.10 Å². The van der Waals surface area contributed by atoms with Crippen LogP contribution in [0.5, 0.6) is 0 Å². The lowest BCUT2D eigenvalue weighted by molar-refractivity contribution is -0.384. The van der Waals surface area contributed by atoms with Crippen LogP contribution in [0.1, 0.15) is 18.9 Å². The number of nitro groups is 1. The fourth-order valence-corrected chi connectivity index (χ4v) is 2.79. The van der Waals surface area contributed by atoms with Crippen molar-refractivity contribution >= 4 is 23.1 Å². The van der Waals surface area contributed by atoms with Gasteiger partial charge in [-0.3, -0.25) is 14.8 Å². The van der Waals surface area contributed by atoms with Gasteiger partial charge in [0.1, 0.15) is 0 Å². The van der Waals surface area contributed by atoms with Crippen molar-refractivity contribution in [2.75, 3.05) is 11.9 Å². The van der Waals surface area contributed by atoms with Gasteiger partial charge >= 0.3 is 0 Å². The summed E-state index contributed by atoms with van der Waals surface area (Å²) < 4.78 is 1.74. The van der Waals surface area contributed by atoms with Crippen LogP contribution in [0, 0.1) is 10.1 Å². The van der Waals surface area contributed by atoms with Crippen molar-refractivity contribution in [2.45, 2.75) is 24.0 Å². The van der Waals surface area contributed by atoms with Crippen LogP contribution in [-0.4, -0.2) is 21.2 Å². The zero-order valence-corrected chi connectivity index (χ0v) is 12.9. The normalized spacial score (nSPS) is 10.6. The molecular formula is C14H18N4O2S. The summed E-state index contributed by atoms with van der Waals surface area (Å²) in [5.41, 5.74) is 2.02. The standard InChI is InChI=1S/C14H18N4O2S/c1-3-6-15-14-5-4-12(18(19)20)7-11(14)10-21-13-8-16-17(2)9-13/h4-5,7-9,15H,3,6,10H2,1-2H3. The number of benzene rings is 1. The minimum atomic E-state index is -0.359. The zero-order valence-electron chi connectivity index (χ0n) is 12.1. The van der Waals surface area contributed by atoms with Gasteiger partial charge in [-0.15, -0.1) is 11.8 Å². The van der Waals surface area contributed by atoms with Crippen LogP contribution < -0.4 is 5.32 Å². The van der Waals surface area contributed by atoms with Crippen LogP contribution in [-0.2, 0) is 12.8 Å². The Morgan fingerprint density at radius 2 is 2.29 bits per heavy atom. The van der Waals surface area contributed by atoms with E-state index in [-0.39, 0.29) is 10.6 Å². The van der Waals surface area contributed by atoms with E-state index in [1.54, 1.807) is 34.8 Å². The SMILES string of the molecule is CCCNc1ccc([N+](=O)[O-])cc1CSc1cnn(C)c1. The average molecular weight is 306 g/mol. The Morgan fingerprint density at radius 1 is 1.48 bits per heavy atom. The Kier molecular flexibility index (Phi) is 5.21. The summed E-state index contributed by atoms with van der Waals surface area (Å²) in [5, 5.41) is 18.4. The van der Waals surface area contributed by atoms with E-state index in [2.05, 4.69) is 17.3 Å². The van der Waals surface area contributed by atoms with Crippen LogP contribution in [0.2, 0.25) is 0 Å². The second-order valence-electron chi connectivity index (χ2n) is 4.66. The van der Waals surface area contributed by atoms with E-state index in [0.29, 0.717) is 5.75 Å². The topological polar surface area (TPSA) is 73.0 Å². The van der Waals surface area contributed by atoms with Crippen LogP contribution >= 0.6 is 11.8 Å². The highest BCUT2D eigenvalue weighted by Crippen LogP contribution is 2.29. The monoisotopic (exact) mass is 306 g/mol. The van der Waals surface area contributed by atoms with Crippen LogP contribution in [0.25, 0.3) is 0 Å². The summed E-state index contributed by atoms with van der Waals surface area (Å²) in [6, 6.07) is 4.96. The smallest absolute Gasteiger partial charge is 0.269 e. The Hall–Kier alpha value is -2.02. The van der Waals surface area contributed by atoms with Crippen molar-refractivity contribution in [3.05, 3.63) is 46.3 Å². The molecule has 1 aromatic heterocycles. The molecule has 1 aromatic carbocycles. The number of rotatable bonds is 7. The van der Waals surface area contributed by atoms with Crippen molar-refractivity contribution in [1.29, 1.82) is 0 Å². The molecule has 0 bridgehead atoms. The average Bonchev–Trinajstić information content (AvgIpc) is 2.88. The third kappa shape index (κ3) is 4.22. The van der Waals surface area contributed by atoms with Gasteiger partial charge in [0, 0.05) is 48.3 Å². The largest absolute Gasteiger partial charge is 0.385 e. The van der Waals surface area contributed by atoms with Gasteiger partial charge in [0.2, 0.25) is 0 Å². The minimum absolute atomic E-state index is 0.124. The van der Waals surface area contributed by atoms with E-state index in [0.717, 1.165) is 29.1 Å². The van der Waals surface area contributed by atoms with E-state index in [4.69, 9.17) is 0 Å². The summed E-state index contributed by atoms with van der Waals surface area (Å²) in [6.45, 7) is 2.94. The first-order valence-electron chi connectivity index (χ1n) is 6.72. The lowest BCUT2D eigenvalue weighted by Crippen LogP contribution is -2.03. The summed E-state index contributed by atoms with van der Waals surface area (Å²) in [6.07, 6.45) is 4.73. The number of hydrogen-bond acceptors (Lipinski definition) is 5. The third-order valence-corrected chi connectivity index (χ3v) is 3.94. The van der Waals surface area contributed by atoms with Crippen molar-refractivity contribution in [3.63, 3.8) is 0 Å². The molecule has 1 heterocycles. The highest BCUT2D eigenvalue weighted by molar-refractivity contribution is 7.98. The number of anilines is 1. The molecule has 1 N–H and O–H groups in total. The number of thioether (sulfide) groups is 1. The first kappa shape index (κ1) is 15.4. The van der Waals surface area contributed by atoms with Crippen LogP contribution in [0.3, 0.4) is 0 Å². The Bertz CT molecular complexity index is 627. The summed E-state index contributed by atoms with van der Waals surface area (Å²) >= 11 is 1.62. The number of hydrogen-bond donors (Lipinski definition) is 1. The summed E-state index contributed by atoms with van der Waals surface area (Å²) in [4.78, 5) is 11.6. The molecule has 0 aliphatic rings. The predicted octanol–water partition coefficient (Wildman–Crippen LogP) is 3.44. The van der Waals surface area contributed by atoms with Crippen LogP contribution in [0.4, 0.5) is 11.4 Å². The van der Waals surface area contributed by atoms with E-state index >= 15 is 0 Å². The van der Waals surface area contributed by atoms with E-state index in [9.17, 15) is 10.1 Å². The molecule has 0 fully saturated rings. The molecule has 6 nitrogen and oxygen atoms in total. The molecule has 7 heteroatoms. The number of nitrogens with one attached hydrogen (secondary N) is 1. The summed E-state index contributed by atoms with van der Waals surface area (Å²) in [5.74, 6) is 0.666. The number of aromatic nitrogens is 2. The molecule has 0 saturated carbocycles. The number of non-ortho nitro benzene ring substituents is 1. The second-order valence-corrected chi connectivity index (χ2v) is 5.71. The molecule has 0 aliphatic carbocycles. The zero-order chi connectivity index (χ0) is 15.2. The van der Waals surface area contributed by atoms with Gasteiger partial charge in [-0.1, -0.05) is 6.92 Å². The molecule has 0 atom stereocenters. The highest BCUT2D eigenvalue weighted by Gasteiger charge is 2.11. The Morgan fingerprint density at radius 3 is 2.90 bits per heavy atom. The van der Waals surface area contributed by atoms with E-state index < -0.39 is 0 Å². The molecule has 0 amide bonds. The van der Waals surface area contributed by atoms with Crippen molar-refractivity contribution in [3.8, 4) is 0 Å². The van der Waals surface area contributed by atoms with Gasteiger partial charge in [0.05, 0.1) is 11.1 Å². The van der Waals surface area contributed by atoms with Gasteiger partial charge < -0.3 is 5.32 Å². The van der Waals surface area contributed by atoms with Gasteiger partial charge in [0.15, 0.2) is 0 Å². The lowest BCUT2D eigenvalue weighted by Gasteiger charge is -2.10. The van der Waals surface area contributed by atoms with Gasteiger partial charge in [-0.25, -0.2) is 0 Å². The molecule has 112 valence electrons. The molecule has 21 heavy (non-hydrogen) atoms. The maximum absolute atomic E-state index is 10.9. The quantitative estimate of drug-likeness (QED) is 0.482.